The van der Waals surface area contributed by atoms with Gasteiger partial charge in [0.25, 0.3) is 10.0 Å². The maximum atomic E-state index is 11.2. The highest BCUT2D eigenvalue weighted by molar-refractivity contribution is 7.89. The van der Waals surface area contributed by atoms with Gasteiger partial charge in [0, 0.05) is 0 Å². The van der Waals surface area contributed by atoms with E-state index in [2.05, 4.69) is 0 Å². The van der Waals surface area contributed by atoms with Gasteiger partial charge in [0.1, 0.15) is 9.77 Å². The average Bonchev–Trinajstić information content (AvgIpc) is 2.51. The van der Waals surface area contributed by atoms with Crippen LogP contribution >= 0.6 is 11.3 Å². The van der Waals surface area contributed by atoms with Crippen molar-refractivity contribution in [1.29, 1.82) is 5.26 Å². The molecule has 1 aromatic rings. The van der Waals surface area contributed by atoms with E-state index in [1.807, 2.05) is 0 Å². The van der Waals surface area contributed by atoms with Crippen LogP contribution in [0.2, 0.25) is 0 Å². The van der Waals surface area contributed by atoms with E-state index in [4.69, 9.17) is 10.4 Å². The summed E-state index contributed by atoms with van der Waals surface area (Å²) in [4.78, 5) is 9.86. The van der Waals surface area contributed by atoms with E-state index in [1.54, 1.807) is 4.72 Å². The number of carboxylic acid groups (broad SMARTS) is 1. The number of thiophene rings is 1. The fourth-order valence-electron chi connectivity index (χ4n) is 0.780. The molecule has 0 aliphatic rings. The quantitative estimate of drug-likeness (QED) is 0.572. The minimum atomic E-state index is -4.02. The molecular formula is C6H4N2O4S2. The van der Waals surface area contributed by atoms with Gasteiger partial charge in [-0.25, -0.2) is 17.9 Å². The maximum absolute atomic E-state index is 11.2. The molecule has 74 valence electrons. The Balaban J connectivity index is 3.28. The number of nitrogens with one attached hydrogen (secondary N) is 1. The van der Waals surface area contributed by atoms with E-state index >= 15 is 0 Å². The minimum absolute atomic E-state index is 0.312. The third-order valence-electron chi connectivity index (χ3n) is 1.29. The van der Waals surface area contributed by atoms with Gasteiger partial charge in [0.05, 0.1) is 0 Å². The van der Waals surface area contributed by atoms with Crippen molar-refractivity contribution >= 4 is 27.3 Å². The van der Waals surface area contributed by atoms with Gasteiger partial charge in [-0.1, -0.05) is 0 Å². The Bertz CT molecular complexity index is 496. The summed E-state index contributed by atoms with van der Waals surface area (Å²) in [6.45, 7) is 0. The smallest absolute Gasteiger partial charge is 0.347 e. The van der Waals surface area contributed by atoms with Crippen LogP contribution in [0.5, 0.6) is 0 Å². The standard InChI is InChI=1S/C6H4N2O4S2/c7-3-8-14(11,12)4-1-2-13-5(4)6(9)10/h1-2,8H,(H,9,10). The Morgan fingerprint density at radius 2 is 2.29 bits per heavy atom. The summed E-state index contributed by atoms with van der Waals surface area (Å²) in [5, 5.41) is 18.1. The van der Waals surface area contributed by atoms with E-state index in [1.165, 1.54) is 11.6 Å². The van der Waals surface area contributed by atoms with Crippen molar-refractivity contribution in [3.63, 3.8) is 0 Å². The van der Waals surface area contributed by atoms with Crippen LogP contribution in [0, 0.1) is 11.5 Å². The van der Waals surface area contributed by atoms with E-state index in [-0.39, 0.29) is 4.88 Å². The molecule has 0 aliphatic heterocycles. The van der Waals surface area contributed by atoms with Crippen LogP contribution in [-0.4, -0.2) is 19.5 Å². The Morgan fingerprint density at radius 1 is 1.64 bits per heavy atom. The van der Waals surface area contributed by atoms with Gasteiger partial charge in [-0.15, -0.1) is 11.3 Å². The Hall–Kier alpha value is -1.59. The number of carboxylic acids is 1. The first-order valence-corrected chi connectivity index (χ1v) is 5.57. The van der Waals surface area contributed by atoms with Crippen LogP contribution in [0.1, 0.15) is 9.67 Å². The number of carbonyl (C=O) groups is 1. The van der Waals surface area contributed by atoms with Gasteiger partial charge in [-0.2, -0.15) is 5.26 Å². The van der Waals surface area contributed by atoms with Crippen molar-refractivity contribution in [2.45, 2.75) is 4.90 Å². The molecule has 0 unspecified atom stereocenters. The van der Waals surface area contributed by atoms with E-state index in [0.717, 1.165) is 17.4 Å². The van der Waals surface area contributed by atoms with Gasteiger partial charge in [-0.3, -0.25) is 0 Å². The second kappa shape index (κ2) is 3.65. The Morgan fingerprint density at radius 3 is 2.79 bits per heavy atom. The summed E-state index contributed by atoms with van der Waals surface area (Å²) in [5.41, 5.74) is 0. The first-order chi connectivity index (χ1) is 6.49. The molecule has 6 nitrogen and oxygen atoms in total. The molecule has 0 fully saturated rings. The monoisotopic (exact) mass is 232 g/mol. The number of hydrogen-bond acceptors (Lipinski definition) is 5. The summed E-state index contributed by atoms with van der Waals surface area (Å²) >= 11 is 0.782. The fraction of sp³-hybridized carbons (Fsp3) is 0. The second-order valence-corrected chi connectivity index (χ2v) is 4.70. The van der Waals surface area contributed by atoms with Crippen molar-refractivity contribution < 1.29 is 18.3 Å². The highest BCUT2D eigenvalue weighted by Gasteiger charge is 2.23. The van der Waals surface area contributed by atoms with Gasteiger partial charge in [0.15, 0.2) is 6.19 Å². The SMILES string of the molecule is N#CNS(=O)(=O)c1ccsc1C(=O)O. The van der Waals surface area contributed by atoms with Crippen molar-refractivity contribution in [3.05, 3.63) is 16.3 Å². The molecule has 0 saturated carbocycles. The molecule has 2 N–H and O–H groups in total. The van der Waals surface area contributed by atoms with E-state index < -0.39 is 20.9 Å². The summed E-state index contributed by atoms with van der Waals surface area (Å²) in [6.07, 6.45) is 1.24. The minimum Gasteiger partial charge on any atom is -0.477 e. The normalized spacial score (nSPS) is 10.5. The third kappa shape index (κ3) is 1.84. The molecule has 0 amide bonds. The molecule has 1 rings (SSSR count). The van der Waals surface area contributed by atoms with E-state index in [0.29, 0.717) is 0 Å². The largest absolute Gasteiger partial charge is 0.477 e. The first kappa shape index (κ1) is 10.5. The van der Waals surface area contributed by atoms with Gasteiger partial charge in [0.2, 0.25) is 0 Å². The molecule has 0 radical (unpaired) electrons. The Kier molecular flexibility index (Phi) is 2.73. The fourth-order valence-corrected chi connectivity index (χ4v) is 2.77. The lowest BCUT2D eigenvalue weighted by atomic mass is 10.5. The highest BCUT2D eigenvalue weighted by Crippen LogP contribution is 2.21. The molecule has 14 heavy (non-hydrogen) atoms. The maximum Gasteiger partial charge on any atom is 0.347 e. The number of aromatic carboxylic acids is 1. The van der Waals surface area contributed by atoms with Gasteiger partial charge >= 0.3 is 5.97 Å². The lowest BCUT2D eigenvalue weighted by molar-refractivity contribution is 0.0698. The molecule has 0 bridgehead atoms. The molecule has 8 heteroatoms. The summed E-state index contributed by atoms with van der Waals surface area (Å²) in [7, 11) is -4.02. The molecular weight excluding hydrogens is 228 g/mol. The number of nitrogens with zero attached hydrogens (tertiary/aromatic N) is 1. The molecule has 0 atom stereocenters. The van der Waals surface area contributed by atoms with E-state index in [9.17, 15) is 13.2 Å². The number of hydrogen-bond donors (Lipinski definition) is 2. The number of rotatable bonds is 3. The predicted octanol–water partition coefficient (Wildman–Crippen LogP) is 0.206. The molecule has 0 saturated heterocycles. The van der Waals surface area contributed by atoms with Crippen LogP contribution in [0.4, 0.5) is 0 Å². The molecule has 1 heterocycles. The molecule has 0 aromatic carbocycles. The van der Waals surface area contributed by atoms with Crippen molar-refractivity contribution in [2.75, 3.05) is 0 Å². The van der Waals surface area contributed by atoms with Crippen LogP contribution in [0.15, 0.2) is 16.3 Å². The zero-order valence-electron chi connectivity index (χ0n) is 6.59. The molecule has 0 aliphatic carbocycles. The molecule has 0 spiro atoms. The highest BCUT2D eigenvalue weighted by atomic mass is 32.2. The van der Waals surface area contributed by atoms with Crippen LogP contribution < -0.4 is 4.72 Å². The zero-order chi connectivity index (χ0) is 10.8. The third-order valence-corrected chi connectivity index (χ3v) is 3.60. The Labute approximate surface area is 83.5 Å². The lowest BCUT2D eigenvalue weighted by Crippen LogP contribution is -2.19. The zero-order valence-corrected chi connectivity index (χ0v) is 8.22. The number of nitriles is 1. The van der Waals surface area contributed by atoms with Crippen LogP contribution in [0.25, 0.3) is 0 Å². The lowest BCUT2D eigenvalue weighted by Gasteiger charge is -1.98. The summed E-state index contributed by atoms with van der Waals surface area (Å²) in [6, 6.07) is 1.13. The predicted molar refractivity (Wildman–Crippen MR) is 47.2 cm³/mol. The van der Waals surface area contributed by atoms with Gasteiger partial charge < -0.3 is 5.11 Å². The average molecular weight is 232 g/mol. The number of sulfonamides is 1. The van der Waals surface area contributed by atoms with Crippen molar-refractivity contribution in [3.8, 4) is 6.19 Å². The molecule has 1 aromatic heterocycles. The van der Waals surface area contributed by atoms with Crippen LogP contribution in [0.3, 0.4) is 0 Å². The summed E-state index contributed by atoms with van der Waals surface area (Å²) < 4.78 is 24.0. The first-order valence-electron chi connectivity index (χ1n) is 3.20. The summed E-state index contributed by atoms with van der Waals surface area (Å²) in [5.74, 6) is -1.33. The second-order valence-electron chi connectivity index (χ2n) is 2.14. The van der Waals surface area contributed by atoms with Gasteiger partial charge in [-0.05, 0) is 11.4 Å². The van der Waals surface area contributed by atoms with Crippen molar-refractivity contribution in [2.24, 2.45) is 0 Å². The van der Waals surface area contributed by atoms with Crippen LogP contribution in [-0.2, 0) is 10.0 Å². The topological polar surface area (TPSA) is 107 Å². The van der Waals surface area contributed by atoms with Crippen molar-refractivity contribution in [1.82, 2.24) is 4.72 Å².